The summed E-state index contributed by atoms with van der Waals surface area (Å²) in [4.78, 5) is 28.4. The Balaban J connectivity index is 1.39. The number of thioether (sulfide) groups is 1. The van der Waals surface area contributed by atoms with E-state index in [1.807, 2.05) is 59.5 Å². The zero-order chi connectivity index (χ0) is 19.8. The predicted octanol–water partition coefficient (Wildman–Crippen LogP) is 3.30. The van der Waals surface area contributed by atoms with E-state index >= 15 is 0 Å². The quantitative estimate of drug-likeness (QED) is 0.810. The van der Waals surface area contributed by atoms with Crippen LogP contribution in [0.5, 0.6) is 5.75 Å². The Morgan fingerprint density at radius 2 is 1.71 bits per heavy atom. The number of piperazine rings is 1. The highest BCUT2D eigenvalue weighted by Gasteiger charge is 2.24. The number of benzene rings is 2. The molecule has 148 valence electrons. The van der Waals surface area contributed by atoms with Crippen molar-refractivity contribution in [2.45, 2.75) is 5.75 Å². The van der Waals surface area contributed by atoms with Gasteiger partial charge in [0.1, 0.15) is 5.75 Å². The van der Waals surface area contributed by atoms with E-state index in [2.05, 4.69) is 5.32 Å². The SMILES string of the molecule is COc1cccc(CSCC(=O)N2CCN(C(=O)Nc3ccccc3)CC2)c1. The summed E-state index contributed by atoms with van der Waals surface area (Å²) in [6, 6.07) is 17.2. The molecule has 2 aromatic rings. The van der Waals surface area contributed by atoms with Gasteiger partial charge in [0.15, 0.2) is 0 Å². The number of nitrogens with one attached hydrogen (secondary N) is 1. The lowest BCUT2D eigenvalue weighted by Crippen LogP contribution is -2.52. The molecule has 2 aromatic carbocycles. The third-order valence-electron chi connectivity index (χ3n) is 4.57. The number of methoxy groups -OCH3 is 1. The topological polar surface area (TPSA) is 61.9 Å². The van der Waals surface area contributed by atoms with Crippen molar-refractivity contribution in [2.24, 2.45) is 0 Å². The lowest BCUT2D eigenvalue weighted by molar-refractivity contribution is -0.129. The van der Waals surface area contributed by atoms with E-state index in [-0.39, 0.29) is 11.9 Å². The van der Waals surface area contributed by atoms with Gasteiger partial charge in [0.25, 0.3) is 0 Å². The molecule has 1 fully saturated rings. The van der Waals surface area contributed by atoms with Gasteiger partial charge in [0.05, 0.1) is 12.9 Å². The fourth-order valence-corrected chi connectivity index (χ4v) is 3.87. The van der Waals surface area contributed by atoms with E-state index in [0.29, 0.717) is 31.9 Å². The monoisotopic (exact) mass is 399 g/mol. The molecular weight excluding hydrogens is 374 g/mol. The number of urea groups is 1. The van der Waals surface area contributed by atoms with Crippen molar-refractivity contribution >= 4 is 29.4 Å². The molecular formula is C21H25N3O3S. The molecule has 1 aliphatic rings. The number of anilines is 1. The molecule has 0 bridgehead atoms. The third kappa shape index (κ3) is 5.66. The van der Waals surface area contributed by atoms with E-state index in [4.69, 9.17) is 4.74 Å². The summed E-state index contributed by atoms with van der Waals surface area (Å²) in [5.74, 6) is 2.15. The first-order valence-electron chi connectivity index (χ1n) is 9.25. The van der Waals surface area contributed by atoms with Gasteiger partial charge in [-0.25, -0.2) is 4.79 Å². The molecule has 0 aromatic heterocycles. The third-order valence-corrected chi connectivity index (χ3v) is 5.56. The van der Waals surface area contributed by atoms with E-state index < -0.39 is 0 Å². The highest BCUT2D eigenvalue weighted by Crippen LogP contribution is 2.18. The molecule has 0 atom stereocenters. The fraction of sp³-hybridized carbons (Fsp3) is 0.333. The summed E-state index contributed by atoms with van der Waals surface area (Å²) >= 11 is 1.60. The van der Waals surface area contributed by atoms with Crippen molar-refractivity contribution in [1.29, 1.82) is 0 Å². The van der Waals surface area contributed by atoms with Crippen LogP contribution in [-0.2, 0) is 10.5 Å². The minimum absolute atomic E-state index is 0.120. The van der Waals surface area contributed by atoms with Crippen LogP contribution >= 0.6 is 11.8 Å². The van der Waals surface area contributed by atoms with Crippen LogP contribution < -0.4 is 10.1 Å². The molecule has 6 nitrogen and oxygen atoms in total. The van der Waals surface area contributed by atoms with Gasteiger partial charge >= 0.3 is 6.03 Å². The van der Waals surface area contributed by atoms with Crippen LogP contribution in [0.4, 0.5) is 10.5 Å². The van der Waals surface area contributed by atoms with Crippen LogP contribution in [0, 0.1) is 0 Å². The highest BCUT2D eigenvalue weighted by molar-refractivity contribution is 7.99. The fourth-order valence-electron chi connectivity index (χ4n) is 2.99. The zero-order valence-corrected chi connectivity index (χ0v) is 16.8. The summed E-state index contributed by atoms with van der Waals surface area (Å²) in [7, 11) is 1.65. The lowest BCUT2D eigenvalue weighted by atomic mass is 10.2. The lowest BCUT2D eigenvalue weighted by Gasteiger charge is -2.34. The average molecular weight is 400 g/mol. The molecule has 0 radical (unpaired) electrons. The van der Waals surface area contributed by atoms with Crippen molar-refractivity contribution in [3.05, 3.63) is 60.2 Å². The molecule has 28 heavy (non-hydrogen) atoms. The Bertz CT molecular complexity index is 792. The number of hydrogen-bond acceptors (Lipinski definition) is 4. The van der Waals surface area contributed by atoms with Gasteiger partial charge in [-0.2, -0.15) is 0 Å². The summed E-state index contributed by atoms with van der Waals surface area (Å²) in [5.41, 5.74) is 1.92. The molecule has 0 aliphatic carbocycles. The molecule has 1 N–H and O–H groups in total. The Hall–Kier alpha value is -2.67. The second-order valence-corrected chi connectivity index (χ2v) is 7.49. The maximum atomic E-state index is 12.4. The number of hydrogen-bond donors (Lipinski definition) is 1. The van der Waals surface area contributed by atoms with Crippen molar-refractivity contribution in [2.75, 3.05) is 44.4 Å². The number of para-hydroxylation sites is 1. The van der Waals surface area contributed by atoms with Crippen molar-refractivity contribution in [1.82, 2.24) is 9.80 Å². The van der Waals surface area contributed by atoms with Gasteiger partial charge < -0.3 is 19.9 Å². The number of carbonyl (C=O) groups is 2. The minimum Gasteiger partial charge on any atom is -0.497 e. The number of ether oxygens (including phenoxy) is 1. The first-order valence-corrected chi connectivity index (χ1v) is 10.4. The van der Waals surface area contributed by atoms with Crippen molar-refractivity contribution in [3.63, 3.8) is 0 Å². The van der Waals surface area contributed by atoms with Gasteiger partial charge in [-0.15, -0.1) is 11.8 Å². The minimum atomic E-state index is -0.120. The maximum Gasteiger partial charge on any atom is 0.321 e. The van der Waals surface area contributed by atoms with E-state index in [0.717, 1.165) is 22.8 Å². The van der Waals surface area contributed by atoms with Crippen LogP contribution in [-0.4, -0.2) is 60.8 Å². The van der Waals surface area contributed by atoms with Gasteiger partial charge in [-0.1, -0.05) is 30.3 Å². The standard InChI is InChI=1S/C21H25N3O3S/c1-27-19-9-5-6-17(14-19)15-28-16-20(25)23-10-12-24(13-11-23)21(26)22-18-7-3-2-4-8-18/h2-9,14H,10-13,15-16H2,1H3,(H,22,26). The van der Waals surface area contributed by atoms with Gasteiger partial charge in [-0.05, 0) is 29.8 Å². The molecule has 1 aliphatic heterocycles. The molecule has 7 heteroatoms. The first kappa shape index (κ1) is 20.1. The Morgan fingerprint density at radius 1 is 1.00 bits per heavy atom. The van der Waals surface area contributed by atoms with E-state index in [1.165, 1.54) is 0 Å². The second kappa shape index (κ2) is 10.0. The highest BCUT2D eigenvalue weighted by atomic mass is 32.2. The second-order valence-electron chi connectivity index (χ2n) is 6.51. The zero-order valence-electron chi connectivity index (χ0n) is 16.0. The molecule has 0 saturated carbocycles. The average Bonchev–Trinajstić information content (AvgIpc) is 2.74. The van der Waals surface area contributed by atoms with Crippen molar-refractivity contribution in [3.8, 4) is 5.75 Å². The largest absolute Gasteiger partial charge is 0.497 e. The van der Waals surface area contributed by atoms with E-state index in [1.54, 1.807) is 23.8 Å². The Kier molecular flexibility index (Phi) is 7.19. The molecule has 0 spiro atoms. The summed E-state index contributed by atoms with van der Waals surface area (Å²) in [6.45, 7) is 2.23. The number of nitrogens with zero attached hydrogens (tertiary/aromatic N) is 2. The molecule has 1 saturated heterocycles. The summed E-state index contributed by atoms with van der Waals surface area (Å²) in [5, 5.41) is 2.89. The van der Waals surface area contributed by atoms with Crippen LogP contribution in [0.3, 0.4) is 0 Å². The Labute approximate surface area is 169 Å². The van der Waals surface area contributed by atoms with Crippen LogP contribution in [0.2, 0.25) is 0 Å². The normalized spacial score (nSPS) is 13.9. The van der Waals surface area contributed by atoms with Gasteiger partial charge in [0, 0.05) is 37.6 Å². The molecule has 1 heterocycles. The van der Waals surface area contributed by atoms with E-state index in [9.17, 15) is 9.59 Å². The smallest absolute Gasteiger partial charge is 0.321 e. The number of carbonyl (C=O) groups excluding carboxylic acids is 2. The van der Waals surface area contributed by atoms with Crippen molar-refractivity contribution < 1.29 is 14.3 Å². The molecule has 3 rings (SSSR count). The Morgan fingerprint density at radius 3 is 2.43 bits per heavy atom. The first-order chi connectivity index (χ1) is 13.7. The summed E-state index contributed by atoms with van der Waals surface area (Å²) < 4.78 is 5.22. The molecule has 0 unspecified atom stereocenters. The number of rotatable bonds is 6. The predicted molar refractivity (Wildman–Crippen MR) is 113 cm³/mol. The van der Waals surface area contributed by atoms with Crippen LogP contribution in [0.1, 0.15) is 5.56 Å². The summed E-state index contributed by atoms with van der Waals surface area (Å²) in [6.07, 6.45) is 0. The van der Waals surface area contributed by atoms with Crippen LogP contribution in [0.15, 0.2) is 54.6 Å². The maximum absolute atomic E-state index is 12.4. The number of amides is 3. The molecule has 3 amide bonds. The van der Waals surface area contributed by atoms with Gasteiger partial charge in [0.2, 0.25) is 5.91 Å². The van der Waals surface area contributed by atoms with Crippen LogP contribution in [0.25, 0.3) is 0 Å². The van der Waals surface area contributed by atoms with Gasteiger partial charge in [-0.3, -0.25) is 4.79 Å².